The molecule has 2 aromatic heterocycles. The number of aryl methyl sites for hydroxylation is 1. The normalized spacial score (nSPS) is 21.1. The standard InChI is InChI=1S/C28H27F3N4O3/c1-4-35-24-22(27(3)7-8-38-15-23(27)26(35)37)10-17(13-33-24)21-11-20(6-5-16(21)2)34-25(36)18-9-19(14-32-12-18)28(29,30)31/h5-6,9-14,23H,4,7-8,15H2,1-3H3,(H,34,36). The SMILES string of the molecule is CCN1C(=O)C2COCCC2(C)c2cc(-c3cc(NC(=O)c4cncc(C(F)(F)F)c4)ccc3C)cnc21. The summed E-state index contributed by atoms with van der Waals surface area (Å²) in [5.74, 6) is -0.321. The smallest absolute Gasteiger partial charge is 0.381 e. The van der Waals surface area contributed by atoms with Crippen molar-refractivity contribution in [3.05, 3.63) is 71.2 Å². The summed E-state index contributed by atoms with van der Waals surface area (Å²) in [5.41, 5.74) is 2.35. The second kappa shape index (κ2) is 9.50. The maximum absolute atomic E-state index is 13.2. The first-order valence-corrected chi connectivity index (χ1v) is 12.4. The van der Waals surface area contributed by atoms with Gasteiger partial charge >= 0.3 is 6.18 Å². The lowest BCUT2D eigenvalue weighted by atomic mass is 9.66. The lowest BCUT2D eigenvalue weighted by molar-refractivity contribution is -0.138. The largest absolute Gasteiger partial charge is 0.417 e. The molecule has 2 aliphatic rings. The van der Waals surface area contributed by atoms with E-state index in [1.807, 2.05) is 19.9 Å². The molecular weight excluding hydrogens is 497 g/mol. The number of hydrogen-bond acceptors (Lipinski definition) is 5. The minimum Gasteiger partial charge on any atom is -0.381 e. The number of aromatic nitrogens is 2. The molecule has 1 fully saturated rings. The molecule has 38 heavy (non-hydrogen) atoms. The molecule has 0 saturated carbocycles. The van der Waals surface area contributed by atoms with E-state index in [-0.39, 0.29) is 17.4 Å². The molecule has 1 N–H and O–H groups in total. The number of fused-ring (bicyclic) bond motifs is 3. The molecule has 2 aliphatic heterocycles. The molecule has 0 bridgehead atoms. The summed E-state index contributed by atoms with van der Waals surface area (Å²) in [6.07, 6.45) is -0.418. The molecule has 0 aliphatic carbocycles. The summed E-state index contributed by atoms with van der Waals surface area (Å²) in [4.78, 5) is 35.9. The number of nitrogens with one attached hydrogen (secondary N) is 1. The van der Waals surface area contributed by atoms with E-state index in [4.69, 9.17) is 9.72 Å². The molecule has 0 radical (unpaired) electrons. The van der Waals surface area contributed by atoms with Gasteiger partial charge in [0.15, 0.2) is 0 Å². The molecule has 3 aromatic rings. The number of amides is 2. The molecule has 1 aromatic carbocycles. The highest BCUT2D eigenvalue weighted by Crippen LogP contribution is 2.48. The maximum Gasteiger partial charge on any atom is 0.417 e. The van der Waals surface area contributed by atoms with E-state index in [2.05, 4.69) is 23.3 Å². The van der Waals surface area contributed by atoms with E-state index < -0.39 is 23.1 Å². The fraction of sp³-hybridized carbons (Fsp3) is 0.357. The molecule has 198 valence electrons. The number of rotatable bonds is 4. The van der Waals surface area contributed by atoms with Crippen LogP contribution in [0.1, 0.15) is 47.3 Å². The minimum atomic E-state index is -4.60. The first kappa shape index (κ1) is 25.8. The third-order valence-corrected chi connectivity index (χ3v) is 7.57. The van der Waals surface area contributed by atoms with Gasteiger partial charge in [-0.05, 0) is 55.7 Å². The van der Waals surface area contributed by atoms with Gasteiger partial charge in [-0.15, -0.1) is 0 Å². The number of hydrogen-bond donors (Lipinski definition) is 1. The monoisotopic (exact) mass is 524 g/mol. The predicted molar refractivity (Wildman–Crippen MR) is 136 cm³/mol. The number of benzene rings is 1. The van der Waals surface area contributed by atoms with Crippen LogP contribution in [-0.4, -0.2) is 41.5 Å². The molecule has 0 spiro atoms. The number of halogens is 3. The van der Waals surface area contributed by atoms with Crippen LogP contribution < -0.4 is 10.2 Å². The fourth-order valence-corrected chi connectivity index (χ4v) is 5.28. The van der Waals surface area contributed by atoms with Gasteiger partial charge in [-0.2, -0.15) is 13.2 Å². The summed E-state index contributed by atoms with van der Waals surface area (Å²) in [6.45, 7) is 7.34. The van der Waals surface area contributed by atoms with Crippen LogP contribution in [-0.2, 0) is 21.1 Å². The summed E-state index contributed by atoms with van der Waals surface area (Å²) < 4.78 is 44.8. The van der Waals surface area contributed by atoms with Crippen LogP contribution >= 0.6 is 0 Å². The maximum atomic E-state index is 13.2. The molecule has 10 heteroatoms. The number of carbonyl (C=O) groups excluding carboxylic acids is 2. The number of anilines is 2. The lowest BCUT2D eigenvalue weighted by Crippen LogP contribution is -2.55. The molecule has 4 heterocycles. The second-order valence-corrected chi connectivity index (χ2v) is 9.92. The number of carbonyl (C=O) groups is 2. The number of nitrogens with zero attached hydrogens (tertiary/aromatic N) is 3. The Bertz CT molecular complexity index is 1420. The van der Waals surface area contributed by atoms with Gasteiger partial charge in [0.05, 0.1) is 23.7 Å². The first-order chi connectivity index (χ1) is 18.0. The Balaban J connectivity index is 1.50. The molecule has 1 saturated heterocycles. The van der Waals surface area contributed by atoms with Crippen molar-refractivity contribution in [3.8, 4) is 11.1 Å². The number of ether oxygens (including phenoxy) is 1. The average molecular weight is 525 g/mol. The van der Waals surface area contributed by atoms with Gasteiger partial charge in [0, 0.05) is 54.0 Å². The fourth-order valence-electron chi connectivity index (χ4n) is 5.28. The quantitative estimate of drug-likeness (QED) is 0.495. The van der Waals surface area contributed by atoms with Crippen LogP contribution in [0.15, 0.2) is 48.9 Å². The van der Waals surface area contributed by atoms with Crippen molar-refractivity contribution >= 4 is 23.3 Å². The van der Waals surface area contributed by atoms with Gasteiger partial charge < -0.3 is 10.1 Å². The summed E-state index contributed by atoms with van der Waals surface area (Å²) in [5, 5.41) is 2.68. The average Bonchev–Trinajstić information content (AvgIpc) is 2.89. The Kier molecular flexibility index (Phi) is 6.46. The highest BCUT2D eigenvalue weighted by atomic mass is 19.4. The third kappa shape index (κ3) is 4.42. The van der Waals surface area contributed by atoms with Crippen molar-refractivity contribution in [2.24, 2.45) is 5.92 Å². The first-order valence-electron chi connectivity index (χ1n) is 12.4. The van der Waals surface area contributed by atoms with Crippen molar-refractivity contribution in [2.45, 2.75) is 38.8 Å². The highest BCUT2D eigenvalue weighted by molar-refractivity contribution is 6.04. The van der Waals surface area contributed by atoms with E-state index in [9.17, 15) is 22.8 Å². The zero-order valence-electron chi connectivity index (χ0n) is 21.2. The van der Waals surface area contributed by atoms with Crippen molar-refractivity contribution in [2.75, 3.05) is 30.0 Å². The predicted octanol–water partition coefficient (Wildman–Crippen LogP) is 5.38. The number of pyridine rings is 2. The van der Waals surface area contributed by atoms with E-state index >= 15 is 0 Å². The third-order valence-electron chi connectivity index (χ3n) is 7.57. The van der Waals surface area contributed by atoms with Crippen LogP contribution in [0.3, 0.4) is 0 Å². The van der Waals surface area contributed by atoms with Gasteiger partial charge in [-0.1, -0.05) is 13.0 Å². The Morgan fingerprint density at radius 1 is 1.21 bits per heavy atom. The van der Waals surface area contributed by atoms with Crippen LogP contribution in [0, 0.1) is 12.8 Å². The van der Waals surface area contributed by atoms with Crippen LogP contribution in [0.4, 0.5) is 24.7 Å². The highest BCUT2D eigenvalue weighted by Gasteiger charge is 2.50. The second-order valence-electron chi connectivity index (χ2n) is 9.92. The zero-order chi connectivity index (χ0) is 27.2. The van der Waals surface area contributed by atoms with E-state index in [1.165, 1.54) is 0 Å². The molecule has 7 nitrogen and oxygen atoms in total. The van der Waals surface area contributed by atoms with Crippen LogP contribution in [0.5, 0.6) is 0 Å². The molecule has 5 rings (SSSR count). The Labute approximate surface area is 218 Å². The molecule has 2 amide bonds. The summed E-state index contributed by atoms with van der Waals surface area (Å²) in [7, 11) is 0. The van der Waals surface area contributed by atoms with Gasteiger partial charge in [0.2, 0.25) is 5.91 Å². The van der Waals surface area contributed by atoms with Crippen molar-refractivity contribution in [1.29, 1.82) is 0 Å². The van der Waals surface area contributed by atoms with Gasteiger partial charge in [0.1, 0.15) is 5.82 Å². The van der Waals surface area contributed by atoms with E-state index in [1.54, 1.807) is 23.2 Å². The van der Waals surface area contributed by atoms with Crippen LogP contribution in [0.25, 0.3) is 11.1 Å². The van der Waals surface area contributed by atoms with Gasteiger partial charge in [0.25, 0.3) is 5.91 Å². The lowest BCUT2D eigenvalue weighted by Gasteiger charge is -2.47. The summed E-state index contributed by atoms with van der Waals surface area (Å²) in [6, 6.07) is 8.12. The topological polar surface area (TPSA) is 84.4 Å². The number of alkyl halides is 3. The van der Waals surface area contributed by atoms with E-state index in [0.717, 1.165) is 34.5 Å². The zero-order valence-corrected chi connectivity index (χ0v) is 21.2. The minimum absolute atomic E-state index is 0.0208. The Hall–Kier alpha value is -3.79. The van der Waals surface area contributed by atoms with Crippen molar-refractivity contribution < 1.29 is 27.5 Å². The van der Waals surface area contributed by atoms with Crippen LogP contribution in [0.2, 0.25) is 0 Å². The van der Waals surface area contributed by atoms with Gasteiger partial charge in [-0.3, -0.25) is 19.5 Å². The van der Waals surface area contributed by atoms with Gasteiger partial charge in [-0.25, -0.2) is 4.98 Å². The molecular formula is C28H27F3N4O3. The molecule has 2 unspecified atom stereocenters. The molecule has 2 atom stereocenters. The summed E-state index contributed by atoms with van der Waals surface area (Å²) >= 11 is 0. The van der Waals surface area contributed by atoms with Crippen molar-refractivity contribution in [3.63, 3.8) is 0 Å². The van der Waals surface area contributed by atoms with Crippen molar-refractivity contribution in [1.82, 2.24) is 9.97 Å². The Morgan fingerprint density at radius 3 is 2.74 bits per heavy atom. The Morgan fingerprint density at radius 2 is 2.00 bits per heavy atom. The van der Waals surface area contributed by atoms with E-state index in [0.29, 0.717) is 43.9 Å².